The quantitative estimate of drug-likeness (QED) is 0.787. The molecule has 1 aromatic rings. The van der Waals surface area contributed by atoms with Crippen molar-refractivity contribution in [2.24, 2.45) is 5.73 Å². The summed E-state index contributed by atoms with van der Waals surface area (Å²) < 4.78 is 31.9. The van der Waals surface area contributed by atoms with Gasteiger partial charge in [-0.05, 0) is 43.6 Å². The fourth-order valence-corrected chi connectivity index (χ4v) is 3.97. The zero-order valence-electron chi connectivity index (χ0n) is 13.0. The summed E-state index contributed by atoms with van der Waals surface area (Å²) in [7, 11) is -0.355. The lowest BCUT2D eigenvalue weighted by molar-refractivity contribution is 0.382. The van der Waals surface area contributed by atoms with Crippen molar-refractivity contribution in [1.29, 1.82) is 0 Å². The number of ether oxygens (including phenoxy) is 1. The third-order valence-electron chi connectivity index (χ3n) is 3.51. The first-order chi connectivity index (χ1) is 9.88. The van der Waals surface area contributed by atoms with Crippen LogP contribution in [-0.4, -0.2) is 44.9 Å². The first-order valence-electron chi connectivity index (χ1n) is 6.72. The largest absolute Gasteiger partial charge is 0.496 e. The Bertz CT molecular complexity index is 561. The van der Waals surface area contributed by atoms with E-state index < -0.39 is 10.0 Å². The molecule has 0 aromatic heterocycles. The molecule has 1 rings (SSSR count). The smallest absolute Gasteiger partial charge is 0.243 e. The molecule has 0 aliphatic carbocycles. The first-order valence-corrected chi connectivity index (χ1v) is 9.55. The maximum Gasteiger partial charge on any atom is 0.243 e. The van der Waals surface area contributed by atoms with Crippen molar-refractivity contribution in [1.82, 2.24) is 4.31 Å². The van der Waals surface area contributed by atoms with E-state index >= 15 is 0 Å². The maximum atomic E-state index is 12.6. The van der Waals surface area contributed by atoms with Crippen molar-refractivity contribution < 1.29 is 13.2 Å². The van der Waals surface area contributed by atoms with Gasteiger partial charge in [-0.1, -0.05) is 0 Å². The normalized spacial score (nSPS) is 13.4. The van der Waals surface area contributed by atoms with E-state index in [4.69, 9.17) is 10.5 Å². The Morgan fingerprint density at radius 3 is 2.62 bits per heavy atom. The van der Waals surface area contributed by atoms with Gasteiger partial charge in [0.1, 0.15) is 5.75 Å². The highest BCUT2D eigenvalue weighted by atomic mass is 32.2. The van der Waals surface area contributed by atoms with E-state index in [1.54, 1.807) is 44.1 Å². The molecule has 0 saturated heterocycles. The third-order valence-corrected chi connectivity index (χ3v) is 6.12. The van der Waals surface area contributed by atoms with Crippen LogP contribution in [0.1, 0.15) is 18.9 Å². The second-order valence-electron chi connectivity index (χ2n) is 4.83. The molecule has 0 heterocycles. The van der Waals surface area contributed by atoms with Gasteiger partial charge in [0.25, 0.3) is 0 Å². The zero-order chi connectivity index (χ0) is 16.0. The summed E-state index contributed by atoms with van der Waals surface area (Å²) in [5, 5.41) is 0. The molecule has 0 amide bonds. The number of thioether (sulfide) groups is 1. The molecule has 0 fully saturated rings. The van der Waals surface area contributed by atoms with Crippen molar-refractivity contribution in [2.75, 3.05) is 26.2 Å². The second kappa shape index (κ2) is 8.03. The topological polar surface area (TPSA) is 72.6 Å². The highest BCUT2D eigenvalue weighted by Crippen LogP contribution is 2.25. The number of rotatable bonds is 8. The van der Waals surface area contributed by atoms with E-state index in [1.165, 1.54) is 4.31 Å². The summed E-state index contributed by atoms with van der Waals surface area (Å²) in [5.74, 6) is 1.53. The Morgan fingerprint density at radius 1 is 1.43 bits per heavy atom. The monoisotopic (exact) mass is 332 g/mol. The van der Waals surface area contributed by atoms with E-state index in [1.807, 2.05) is 13.2 Å². The Labute approximate surface area is 131 Å². The van der Waals surface area contributed by atoms with E-state index in [0.717, 1.165) is 12.2 Å². The Morgan fingerprint density at radius 2 is 2.10 bits per heavy atom. The van der Waals surface area contributed by atoms with E-state index in [0.29, 0.717) is 11.3 Å². The number of nitrogens with two attached hydrogens (primary N) is 1. The van der Waals surface area contributed by atoms with Crippen LogP contribution in [0.5, 0.6) is 5.75 Å². The lowest BCUT2D eigenvalue weighted by atomic mass is 10.2. The summed E-state index contributed by atoms with van der Waals surface area (Å²) in [4.78, 5) is 0.252. The second-order valence-corrected chi connectivity index (χ2v) is 7.81. The van der Waals surface area contributed by atoms with Gasteiger partial charge in [0.05, 0.1) is 12.0 Å². The Kier molecular flexibility index (Phi) is 6.99. The maximum absolute atomic E-state index is 12.6. The highest BCUT2D eigenvalue weighted by Gasteiger charge is 2.25. The Balaban J connectivity index is 3.07. The number of methoxy groups -OCH3 is 1. The third kappa shape index (κ3) is 4.35. The number of sulfonamides is 1. The van der Waals surface area contributed by atoms with Crippen LogP contribution in [0.25, 0.3) is 0 Å². The molecule has 5 nitrogen and oxygen atoms in total. The number of nitrogens with zero attached hydrogens (tertiary/aromatic N) is 1. The summed E-state index contributed by atoms with van der Waals surface area (Å²) in [6.45, 7) is 2.15. The van der Waals surface area contributed by atoms with Crippen molar-refractivity contribution in [3.63, 3.8) is 0 Å². The van der Waals surface area contributed by atoms with E-state index in [2.05, 4.69) is 0 Å². The number of hydrogen-bond acceptors (Lipinski definition) is 5. The average molecular weight is 332 g/mol. The van der Waals surface area contributed by atoms with E-state index in [-0.39, 0.29) is 17.5 Å². The molecule has 1 atom stereocenters. The molecule has 0 aliphatic heterocycles. The summed E-state index contributed by atoms with van der Waals surface area (Å²) in [6.07, 6.45) is 2.83. The van der Waals surface area contributed by atoms with Gasteiger partial charge < -0.3 is 10.5 Å². The van der Waals surface area contributed by atoms with Gasteiger partial charge in [0.2, 0.25) is 10.0 Å². The van der Waals surface area contributed by atoms with Crippen LogP contribution in [0.15, 0.2) is 23.1 Å². The minimum absolute atomic E-state index is 0.0501. The fraction of sp³-hybridized carbons (Fsp3) is 0.571. The minimum atomic E-state index is -3.51. The van der Waals surface area contributed by atoms with Crippen molar-refractivity contribution >= 4 is 21.8 Å². The molecule has 0 radical (unpaired) electrons. The zero-order valence-corrected chi connectivity index (χ0v) is 14.6. The van der Waals surface area contributed by atoms with Gasteiger partial charge in [0, 0.05) is 25.2 Å². The molecule has 0 bridgehead atoms. The van der Waals surface area contributed by atoms with Crippen LogP contribution >= 0.6 is 11.8 Å². The lowest BCUT2D eigenvalue weighted by Crippen LogP contribution is -2.35. The van der Waals surface area contributed by atoms with Crippen molar-refractivity contribution in [3.8, 4) is 5.75 Å². The summed E-state index contributed by atoms with van der Waals surface area (Å²) in [6, 6.07) is 4.75. The average Bonchev–Trinajstić information content (AvgIpc) is 2.50. The highest BCUT2D eigenvalue weighted by molar-refractivity contribution is 7.98. The van der Waals surface area contributed by atoms with Gasteiger partial charge in [-0.25, -0.2) is 8.42 Å². The van der Waals surface area contributed by atoms with Gasteiger partial charge >= 0.3 is 0 Å². The molecule has 21 heavy (non-hydrogen) atoms. The van der Waals surface area contributed by atoms with E-state index in [9.17, 15) is 8.42 Å². The standard InChI is InChI=1S/C14H24N2O3S2/c1-11(7-8-20-4)16(2)21(17,18)13-5-6-14(19-3)12(9-13)10-15/h5-6,9,11H,7-8,10,15H2,1-4H3. The van der Waals surface area contributed by atoms with Crippen LogP contribution in [0.2, 0.25) is 0 Å². The van der Waals surface area contributed by atoms with Crippen LogP contribution in [0.4, 0.5) is 0 Å². The molecule has 1 aromatic carbocycles. The predicted octanol–water partition coefficient (Wildman–Crippen LogP) is 1.92. The van der Waals surface area contributed by atoms with Crippen LogP contribution in [0.3, 0.4) is 0 Å². The van der Waals surface area contributed by atoms with Crippen LogP contribution in [-0.2, 0) is 16.6 Å². The Hall–Kier alpha value is -0.760. The number of benzene rings is 1. The van der Waals surface area contributed by atoms with Crippen molar-refractivity contribution in [2.45, 2.75) is 30.8 Å². The molecule has 1 unspecified atom stereocenters. The number of hydrogen-bond donors (Lipinski definition) is 1. The molecule has 2 N–H and O–H groups in total. The molecule has 0 saturated carbocycles. The van der Waals surface area contributed by atoms with Crippen molar-refractivity contribution in [3.05, 3.63) is 23.8 Å². The van der Waals surface area contributed by atoms with Gasteiger partial charge in [0.15, 0.2) is 0 Å². The molecule has 7 heteroatoms. The molecular weight excluding hydrogens is 308 g/mol. The fourth-order valence-electron chi connectivity index (χ4n) is 1.95. The molecule has 120 valence electrons. The first kappa shape index (κ1) is 18.3. The molecule has 0 aliphatic rings. The molecular formula is C14H24N2O3S2. The SMILES string of the molecule is COc1ccc(S(=O)(=O)N(C)C(C)CCSC)cc1CN. The van der Waals surface area contributed by atoms with Crippen LogP contribution in [0, 0.1) is 0 Å². The predicted molar refractivity (Wildman–Crippen MR) is 88.3 cm³/mol. The van der Waals surface area contributed by atoms with Gasteiger partial charge in [-0.15, -0.1) is 0 Å². The van der Waals surface area contributed by atoms with Crippen LogP contribution < -0.4 is 10.5 Å². The lowest BCUT2D eigenvalue weighted by Gasteiger charge is -2.24. The summed E-state index contributed by atoms with van der Waals surface area (Å²) in [5.41, 5.74) is 6.33. The molecule has 0 spiro atoms. The summed E-state index contributed by atoms with van der Waals surface area (Å²) >= 11 is 1.71. The van der Waals surface area contributed by atoms with Gasteiger partial charge in [-0.3, -0.25) is 0 Å². The minimum Gasteiger partial charge on any atom is -0.496 e. The van der Waals surface area contributed by atoms with Gasteiger partial charge in [-0.2, -0.15) is 16.1 Å².